The minimum atomic E-state index is -0.759. The number of aliphatic hydroxyl groups excluding tert-OH is 1. The SMILES string of the molecule is CNC(=O)c1cc2c(c(F)c1Br)C(O)CC2. The Labute approximate surface area is 101 Å². The quantitative estimate of drug-likeness (QED) is 0.829. The number of aryl methyl sites for hydroxylation is 1. The lowest BCUT2D eigenvalue weighted by Gasteiger charge is -2.11. The normalized spacial score (nSPS) is 18.4. The van der Waals surface area contributed by atoms with Gasteiger partial charge in [-0.1, -0.05) is 0 Å². The minimum Gasteiger partial charge on any atom is -0.388 e. The zero-order chi connectivity index (χ0) is 11.9. The fraction of sp³-hybridized carbons (Fsp3) is 0.364. The standard InChI is InChI=1S/C11H11BrFNO2/c1-14-11(16)6-4-5-2-3-7(15)8(5)10(13)9(6)12/h4,7,15H,2-3H2,1H3,(H,14,16). The molecule has 1 unspecified atom stereocenters. The molecule has 1 aromatic rings. The van der Waals surface area contributed by atoms with Crippen molar-refractivity contribution in [1.29, 1.82) is 0 Å². The smallest absolute Gasteiger partial charge is 0.252 e. The molecule has 16 heavy (non-hydrogen) atoms. The highest BCUT2D eigenvalue weighted by Crippen LogP contribution is 2.37. The van der Waals surface area contributed by atoms with Gasteiger partial charge >= 0.3 is 0 Å². The Morgan fingerprint density at radius 3 is 3.00 bits per heavy atom. The molecular weight excluding hydrogens is 277 g/mol. The van der Waals surface area contributed by atoms with Gasteiger partial charge in [0.1, 0.15) is 5.82 Å². The summed E-state index contributed by atoms with van der Waals surface area (Å²) < 4.78 is 14.0. The maximum atomic E-state index is 13.9. The van der Waals surface area contributed by atoms with Crippen molar-refractivity contribution >= 4 is 21.8 Å². The van der Waals surface area contributed by atoms with Crippen molar-refractivity contribution < 1.29 is 14.3 Å². The maximum Gasteiger partial charge on any atom is 0.252 e. The van der Waals surface area contributed by atoms with Gasteiger partial charge in [0, 0.05) is 12.6 Å². The molecule has 5 heteroatoms. The van der Waals surface area contributed by atoms with Crippen LogP contribution in [0.5, 0.6) is 0 Å². The Morgan fingerprint density at radius 2 is 2.38 bits per heavy atom. The number of halogens is 2. The predicted octanol–water partition coefficient (Wildman–Crippen LogP) is 1.93. The summed E-state index contributed by atoms with van der Waals surface area (Å²) in [6.45, 7) is 0. The van der Waals surface area contributed by atoms with Crippen molar-refractivity contribution in [2.24, 2.45) is 0 Å². The van der Waals surface area contributed by atoms with Crippen LogP contribution in [0, 0.1) is 5.82 Å². The molecule has 0 spiro atoms. The van der Waals surface area contributed by atoms with Crippen LogP contribution in [-0.2, 0) is 6.42 Å². The molecule has 1 aliphatic rings. The highest BCUT2D eigenvalue weighted by Gasteiger charge is 2.28. The van der Waals surface area contributed by atoms with Crippen LogP contribution in [0.15, 0.2) is 10.5 Å². The van der Waals surface area contributed by atoms with E-state index in [0.717, 1.165) is 0 Å². The number of fused-ring (bicyclic) bond motifs is 1. The zero-order valence-corrected chi connectivity index (χ0v) is 10.3. The summed E-state index contributed by atoms with van der Waals surface area (Å²) in [4.78, 5) is 11.5. The Kier molecular flexibility index (Phi) is 2.99. The summed E-state index contributed by atoms with van der Waals surface area (Å²) in [5.74, 6) is -0.865. The molecule has 0 bridgehead atoms. The van der Waals surface area contributed by atoms with Crippen LogP contribution >= 0.6 is 15.9 Å². The molecule has 1 amide bonds. The first-order valence-corrected chi connectivity index (χ1v) is 5.76. The van der Waals surface area contributed by atoms with E-state index in [9.17, 15) is 14.3 Å². The van der Waals surface area contributed by atoms with Crippen LogP contribution in [0.3, 0.4) is 0 Å². The second-order valence-electron chi connectivity index (χ2n) is 3.76. The highest BCUT2D eigenvalue weighted by atomic mass is 79.9. The number of hydrogen-bond acceptors (Lipinski definition) is 2. The lowest BCUT2D eigenvalue weighted by molar-refractivity contribution is 0.0961. The van der Waals surface area contributed by atoms with Gasteiger partial charge in [-0.25, -0.2) is 4.39 Å². The van der Waals surface area contributed by atoms with E-state index < -0.39 is 11.9 Å². The molecule has 86 valence electrons. The van der Waals surface area contributed by atoms with Crippen LogP contribution in [0.4, 0.5) is 4.39 Å². The van der Waals surface area contributed by atoms with Gasteiger partial charge in [-0.3, -0.25) is 4.79 Å². The molecule has 2 N–H and O–H groups in total. The predicted molar refractivity (Wildman–Crippen MR) is 60.8 cm³/mol. The van der Waals surface area contributed by atoms with E-state index in [2.05, 4.69) is 21.2 Å². The second-order valence-corrected chi connectivity index (χ2v) is 4.55. The average Bonchev–Trinajstić information content (AvgIpc) is 2.64. The summed E-state index contributed by atoms with van der Waals surface area (Å²) in [5, 5.41) is 12.1. The highest BCUT2D eigenvalue weighted by molar-refractivity contribution is 9.10. The fourth-order valence-corrected chi connectivity index (χ4v) is 2.50. The first-order chi connectivity index (χ1) is 7.56. The van der Waals surface area contributed by atoms with Crippen LogP contribution in [0.1, 0.15) is 34.0 Å². The third-order valence-electron chi connectivity index (χ3n) is 2.82. The van der Waals surface area contributed by atoms with E-state index in [1.165, 1.54) is 7.05 Å². The Balaban J connectivity index is 2.61. The van der Waals surface area contributed by atoms with Crippen LogP contribution in [-0.4, -0.2) is 18.1 Å². The number of nitrogens with one attached hydrogen (secondary N) is 1. The molecular formula is C11H11BrFNO2. The summed E-state index contributed by atoms with van der Waals surface area (Å²) in [6.07, 6.45) is 0.352. The van der Waals surface area contributed by atoms with E-state index in [1.54, 1.807) is 6.07 Å². The lowest BCUT2D eigenvalue weighted by Crippen LogP contribution is -2.19. The zero-order valence-electron chi connectivity index (χ0n) is 8.68. The monoisotopic (exact) mass is 287 g/mol. The number of carbonyl (C=O) groups is 1. The molecule has 2 rings (SSSR count). The molecule has 0 aliphatic heterocycles. The van der Waals surface area contributed by atoms with Crippen molar-refractivity contribution in [3.8, 4) is 0 Å². The number of amides is 1. The minimum absolute atomic E-state index is 0.117. The second kappa shape index (κ2) is 4.14. The lowest BCUT2D eigenvalue weighted by atomic mass is 10.0. The van der Waals surface area contributed by atoms with Gasteiger partial charge in [0.25, 0.3) is 5.91 Å². The number of rotatable bonds is 1. The third-order valence-corrected chi connectivity index (χ3v) is 3.60. The van der Waals surface area contributed by atoms with Gasteiger partial charge in [-0.2, -0.15) is 0 Å². The van der Waals surface area contributed by atoms with E-state index in [-0.39, 0.29) is 15.9 Å². The Bertz CT molecular complexity index is 462. The largest absolute Gasteiger partial charge is 0.388 e. The van der Waals surface area contributed by atoms with E-state index >= 15 is 0 Å². The average molecular weight is 288 g/mol. The van der Waals surface area contributed by atoms with Gasteiger partial charge in [0.2, 0.25) is 0 Å². The van der Waals surface area contributed by atoms with Crippen LogP contribution < -0.4 is 5.32 Å². The summed E-state index contributed by atoms with van der Waals surface area (Å²) >= 11 is 3.06. The molecule has 0 radical (unpaired) electrons. The topological polar surface area (TPSA) is 49.3 Å². The van der Waals surface area contributed by atoms with E-state index in [4.69, 9.17) is 0 Å². The van der Waals surface area contributed by atoms with Gasteiger partial charge in [0.15, 0.2) is 0 Å². The number of aliphatic hydroxyl groups is 1. The van der Waals surface area contributed by atoms with Crippen molar-refractivity contribution in [3.05, 3.63) is 33.0 Å². The molecule has 0 fully saturated rings. The summed E-state index contributed by atoms with van der Waals surface area (Å²) in [5.41, 5.74) is 1.30. The van der Waals surface area contributed by atoms with Gasteiger partial charge in [0.05, 0.1) is 16.1 Å². The van der Waals surface area contributed by atoms with Gasteiger partial charge in [-0.15, -0.1) is 0 Å². The molecule has 0 heterocycles. The van der Waals surface area contributed by atoms with Crippen molar-refractivity contribution in [3.63, 3.8) is 0 Å². The Hall–Kier alpha value is -0.940. The Morgan fingerprint density at radius 1 is 1.69 bits per heavy atom. The van der Waals surface area contributed by atoms with E-state index in [0.29, 0.717) is 24.0 Å². The first kappa shape index (κ1) is 11.5. The molecule has 0 aromatic heterocycles. The van der Waals surface area contributed by atoms with Crippen molar-refractivity contribution in [2.45, 2.75) is 18.9 Å². The molecule has 1 aromatic carbocycles. The summed E-state index contributed by atoms with van der Waals surface area (Å²) in [6, 6.07) is 1.64. The number of benzene rings is 1. The number of hydrogen-bond donors (Lipinski definition) is 2. The molecule has 0 saturated carbocycles. The van der Waals surface area contributed by atoms with Crippen LogP contribution in [0.2, 0.25) is 0 Å². The van der Waals surface area contributed by atoms with Gasteiger partial charge < -0.3 is 10.4 Å². The summed E-state index contributed by atoms with van der Waals surface area (Å²) in [7, 11) is 1.49. The van der Waals surface area contributed by atoms with Gasteiger partial charge in [-0.05, 0) is 40.4 Å². The number of carbonyl (C=O) groups excluding carboxylic acids is 1. The van der Waals surface area contributed by atoms with Crippen molar-refractivity contribution in [2.75, 3.05) is 7.05 Å². The third kappa shape index (κ3) is 1.64. The first-order valence-electron chi connectivity index (χ1n) is 4.97. The van der Waals surface area contributed by atoms with Crippen LogP contribution in [0.25, 0.3) is 0 Å². The molecule has 0 saturated heterocycles. The maximum absolute atomic E-state index is 13.9. The van der Waals surface area contributed by atoms with Crippen molar-refractivity contribution in [1.82, 2.24) is 5.32 Å². The molecule has 1 atom stereocenters. The molecule has 3 nitrogen and oxygen atoms in total. The fourth-order valence-electron chi connectivity index (χ4n) is 2.00. The van der Waals surface area contributed by atoms with E-state index in [1.807, 2.05) is 0 Å². The molecule has 1 aliphatic carbocycles.